The highest BCUT2D eigenvalue weighted by molar-refractivity contribution is 7.07. The van der Waals surface area contributed by atoms with Gasteiger partial charge in [0.25, 0.3) is 0 Å². The van der Waals surface area contributed by atoms with Crippen molar-refractivity contribution in [3.63, 3.8) is 0 Å². The molecule has 0 aromatic carbocycles. The van der Waals surface area contributed by atoms with Gasteiger partial charge in [-0.1, -0.05) is 19.8 Å². The molecule has 1 N–H and O–H groups in total. The standard InChI is InChI=1S/C12H20N2S/c1-2-7-13-12(10-5-3-4-6-10)11-8-15-9-14-11/h8-10,12-13H,2-7H2,1H3. The fourth-order valence-corrected chi connectivity index (χ4v) is 3.07. The Kier molecular flexibility index (Phi) is 4.15. The molecule has 0 saturated heterocycles. The van der Waals surface area contributed by atoms with Crippen LogP contribution in [0.25, 0.3) is 0 Å². The SMILES string of the molecule is CCCNC(c1cscn1)C1CCCC1. The molecule has 3 heteroatoms. The molecule has 1 unspecified atom stereocenters. The molecule has 1 aromatic rings. The lowest BCUT2D eigenvalue weighted by atomic mass is 9.96. The number of thiazole rings is 1. The minimum absolute atomic E-state index is 0.513. The van der Waals surface area contributed by atoms with Gasteiger partial charge in [0.05, 0.1) is 17.2 Å². The summed E-state index contributed by atoms with van der Waals surface area (Å²) in [7, 11) is 0. The van der Waals surface area contributed by atoms with E-state index < -0.39 is 0 Å². The van der Waals surface area contributed by atoms with Crippen LogP contribution >= 0.6 is 11.3 Å². The molecular weight excluding hydrogens is 204 g/mol. The van der Waals surface area contributed by atoms with E-state index in [1.54, 1.807) is 11.3 Å². The molecule has 1 aromatic heterocycles. The van der Waals surface area contributed by atoms with Gasteiger partial charge in [-0.3, -0.25) is 0 Å². The Morgan fingerprint density at radius 3 is 2.93 bits per heavy atom. The van der Waals surface area contributed by atoms with Gasteiger partial charge in [0, 0.05) is 5.38 Å². The minimum Gasteiger partial charge on any atom is -0.308 e. The molecule has 0 aliphatic heterocycles. The Balaban J connectivity index is 2.01. The van der Waals surface area contributed by atoms with E-state index in [0.29, 0.717) is 6.04 Å². The molecule has 1 saturated carbocycles. The van der Waals surface area contributed by atoms with Gasteiger partial charge in [0.1, 0.15) is 0 Å². The van der Waals surface area contributed by atoms with Crippen molar-refractivity contribution in [1.82, 2.24) is 10.3 Å². The van der Waals surface area contributed by atoms with E-state index in [0.717, 1.165) is 12.5 Å². The van der Waals surface area contributed by atoms with Crippen molar-refractivity contribution < 1.29 is 0 Å². The lowest BCUT2D eigenvalue weighted by molar-refractivity contribution is 0.362. The third-order valence-corrected chi connectivity index (χ3v) is 3.86. The fourth-order valence-electron chi connectivity index (χ4n) is 2.48. The summed E-state index contributed by atoms with van der Waals surface area (Å²) in [5.41, 5.74) is 3.21. The predicted octanol–water partition coefficient (Wildman–Crippen LogP) is 3.37. The van der Waals surface area contributed by atoms with Crippen LogP contribution in [0.4, 0.5) is 0 Å². The zero-order valence-corrected chi connectivity index (χ0v) is 10.2. The van der Waals surface area contributed by atoms with Gasteiger partial charge >= 0.3 is 0 Å². The summed E-state index contributed by atoms with van der Waals surface area (Å²) >= 11 is 1.71. The average molecular weight is 224 g/mol. The normalized spacial score (nSPS) is 19.5. The Labute approximate surface area is 96.1 Å². The van der Waals surface area contributed by atoms with Gasteiger partial charge < -0.3 is 5.32 Å². The van der Waals surface area contributed by atoms with Crippen LogP contribution in [0.1, 0.15) is 50.8 Å². The van der Waals surface area contributed by atoms with E-state index in [-0.39, 0.29) is 0 Å². The Hall–Kier alpha value is -0.410. The Morgan fingerprint density at radius 2 is 2.33 bits per heavy atom. The van der Waals surface area contributed by atoms with Crippen molar-refractivity contribution in [2.75, 3.05) is 6.54 Å². The second-order valence-corrected chi connectivity index (χ2v) is 5.11. The van der Waals surface area contributed by atoms with Crippen molar-refractivity contribution in [3.8, 4) is 0 Å². The maximum Gasteiger partial charge on any atom is 0.0795 e. The van der Waals surface area contributed by atoms with Gasteiger partial charge in [-0.25, -0.2) is 4.98 Å². The molecule has 1 fully saturated rings. The highest BCUT2D eigenvalue weighted by atomic mass is 32.1. The van der Waals surface area contributed by atoms with Crippen LogP contribution < -0.4 is 5.32 Å². The monoisotopic (exact) mass is 224 g/mol. The van der Waals surface area contributed by atoms with Crippen molar-refractivity contribution in [2.45, 2.75) is 45.1 Å². The molecule has 2 nitrogen and oxygen atoms in total. The first-order chi connectivity index (χ1) is 7.42. The van der Waals surface area contributed by atoms with E-state index >= 15 is 0 Å². The molecule has 0 spiro atoms. The number of aromatic nitrogens is 1. The molecule has 15 heavy (non-hydrogen) atoms. The minimum atomic E-state index is 0.513. The molecule has 0 radical (unpaired) electrons. The third kappa shape index (κ3) is 2.79. The predicted molar refractivity (Wildman–Crippen MR) is 65.1 cm³/mol. The van der Waals surface area contributed by atoms with Crippen LogP contribution in [0.5, 0.6) is 0 Å². The van der Waals surface area contributed by atoms with E-state index in [4.69, 9.17) is 0 Å². The Morgan fingerprint density at radius 1 is 1.53 bits per heavy atom. The smallest absolute Gasteiger partial charge is 0.0795 e. The van der Waals surface area contributed by atoms with Crippen molar-refractivity contribution in [1.29, 1.82) is 0 Å². The molecular formula is C12H20N2S. The molecule has 1 aliphatic carbocycles. The van der Waals surface area contributed by atoms with E-state index in [1.165, 1.54) is 37.8 Å². The maximum atomic E-state index is 4.47. The summed E-state index contributed by atoms with van der Waals surface area (Å²) in [5, 5.41) is 5.86. The number of hydrogen-bond donors (Lipinski definition) is 1. The van der Waals surface area contributed by atoms with Crippen LogP contribution in [-0.2, 0) is 0 Å². The molecule has 1 aliphatic rings. The van der Waals surface area contributed by atoms with Crippen LogP contribution in [-0.4, -0.2) is 11.5 Å². The molecule has 2 rings (SSSR count). The lowest BCUT2D eigenvalue weighted by Gasteiger charge is -2.22. The third-order valence-electron chi connectivity index (χ3n) is 3.26. The van der Waals surface area contributed by atoms with Gasteiger partial charge in [-0.05, 0) is 31.7 Å². The number of hydrogen-bond acceptors (Lipinski definition) is 3. The van der Waals surface area contributed by atoms with Crippen LogP contribution in [0, 0.1) is 5.92 Å². The summed E-state index contributed by atoms with van der Waals surface area (Å²) in [6, 6.07) is 0.513. The number of nitrogens with zero attached hydrogens (tertiary/aromatic N) is 1. The van der Waals surface area contributed by atoms with Crippen molar-refractivity contribution >= 4 is 11.3 Å². The highest BCUT2D eigenvalue weighted by Gasteiger charge is 2.26. The largest absolute Gasteiger partial charge is 0.308 e. The summed E-state index contributed by atoms with van der Waals surface area (Å²) < 4.78 is 0. The van der Waals surface area contributed by atoms with Gasteiger partial charge in [-0.15, -0.1) is 11.3 Å². The van der Waals surface area contributed by atoms with Gasteiger partial charge in [0.15, 0.2) is 0 Å². The van der Waals surface area contributed by atoms with Gasteiger partial charge in [0.2, 0.25) is 0 Å². The first-order valence-corrected chi connectivity index (χ1v) is 6.97. The highest BCUT2D eigenvalue weighted by Crippen LogP contribution is 2.35. The number of nitrogens with one attached hydrogen (secondary N) is 1. The van der Waals surface area contributed by atoms with Crippen molar-refractivity contribution in [3.05, 3.63) is 16.6 Å². The summed E-state index contributed by atoms with van der Waals surface area (Å²) in [5.74, 6) is 0.818. The first kappa shape index (κ1) is 11.1. The molecule has 0 bridgehead atoms. The van der Waals surface area contributed by atoms with Gasteiger partial charge in [-0.2, -0.15) is 0 Å². The molecule has 1 heterocycles. The van der Waals surface area contributed by atoms with E-state index in [2.05, 4.69) is 22.6 Å². The quantitative estimate of drug-likeness (QED) is 0.829. The maximum absolute atomic E-state index is 4.47. The van der Waals surface area contributed by atoms with Crippen molar-refractivity contribution in [2.24, 2.45) is 5.92 Å². The topological polar surface area (TPSA) is 24.9 Å². The zero-order chi connectivity index (χ0) is 10.5. The van der Waals surface area contributed by atoms with Crippen LogP contribution in [0.15, 0.2) is 10.9 Å². The fraction of sp³-hybridized carbons (Fsp3) is 0.750. The lowest BCUT2D eigenvalue weighted by Crippen LogP contribution is -2.28. The summed E-state index contributed by atoms with van der Waals surface area (Å²) in [4.78, 5) is 4.47. The van der Waals surface area contributed by atoms with E-state index in [9.17, 15) is 0 Å². The number of rotatable bonds is 5. The van der Waals surface area contributed by atoms with Crippen LogP contribution in [0.3, 0.4) is 0 Å². The van der Waals surface area contributed by atoms with E-state index in [1.807, 2.05) is 5.51 Å². The summed E-state index contributed by atoms with van der Waals surface area (Å²) in [6.45, 7) is 3.33. The Bertz CT molecular complexity index is 265. The molecule has 1 atom stereocenters. The second-order valence-electron chi connectivity index (χ2n) is 4.39. The first-order valence-electron chi connectivity index (χ1n) is 6.03. The average Bonchev–Trinajstić information content (AvgIpc) is 2.90. The van der Waals surface area contributed by atoms with Crippen LogP contribution in [0.2, 0.25) is 0 Å². The second kappa shape index (κ2) is 5.61. The molecule has 84 valence electrons. The molecule has 0 amide bonds. The summed E-state index contributed by atoms with van der Waals surface area (Å²) in [6.07, 6.45) is 6.75. The zero-order valence-electron chi connectivity index (χ0n) is 9.41.